The van der Waals surface area contributed by atoms with Crippen molar-refractivity contribution in [3.8, 4) is 28.8 Å². The van der Waals surface area contributed by atoms with Gasteiger partial charge in [-0.05, 0) is 55.5 Å². The van der Waals surface area contributed by atoms with Crippen molar-refractivity contribution in [1.82, 2.24) is 24.5 Å². The van der Waals surface area contributed by atoms with E-state index in [0.29, 0.717) is 36.5 Å². The average Bonchev–Trinajstić information content (AvgIpc) is 3.40. The molecule has 1 N–H and O–H groups in total. The van der Waals surface area contributed by atoms with E-state index in [9.17, 15) is 14.8 Å². The largest absolute Gasteiger partial charge is 0.491 e. The van der Waals surface area contributed by atoms with Gasteiger partial charge in [0.2, 0.25) is 5.88 Å². The quantitative estimate of drug-likeness (QED) is 0.342. The van der Waals surface area contributed by atoms with Gasteiger partial charge in [0.1, 0.15) is 17.6 Å². The van der Waals surface area contributed by atoms with Crippen molar-refractivity contribution in [2.24, 2.45) is 5.41 Å². The van der Waals surface area contributed by atoms with Crippen LogP contribution in [0.3, 0.4) is 0 Å². The Morgan fingerprint density at radius 1 is 1.12 bits per heavy atom. The number of hydrogen-bond donors (Lipinski definition) is 1. The first-order chi connectivity index (χ1) is 20.3. The highest BCUT2D eigenvalue weighted by atomic mass is 19.1. The lowest BCUT2D eigenvalue weighted by atomic mass is 9.41. The molecule has 3 aliphatic heterocycles. The molecule has 2 unspecified atom stereocenters. The fraction of sp³-hybridized carbons (Fsp3) is 0.419. The normalized spacial score (nSPS) is 27.5. The zero-order valence-electron chi connectivity index (χ0n) is 23.2. The number of ether oxygens (including phenoxy) is 2. The molecule has 3 aliphatic carbocycles. The van der Waals surface area contributed by atoms with E-state index in [1.807, 2.05) is 30.6 Å². The van der Waals surface area contributed by atoms with Crippen LogP contribution in [0.5, 0.6) is 11.6 Å². The number of methoxy groups -OCH3 is 1. The first kappa shape index (κ1) is 25.4. The second kappa shape index (κ2) is 9.11. The van der Waals surface area contributed by atoms with E-state index in [2.05, 4.69) is 26.0 Å². The standard InChI is InChI=1S/C31H30FN7O3/c1-41-29-26(32)4-19(8-35-29)11-38-22-5-23(38)13-37(12-22)27-3-2-20(9-34-27)25-6-24(14-39-28(25)21(7-33)10-36-39)42-18-30-15-31(40,16-30)17-30/h2-4,6,8-10,14,22-23,40H,5,11-13,15-18H2,1H3. The number of piperidine rings is 1. The summed E-state index contributed by atoms with van der Waals surface area (Å²) in [5, 5.41) is 24.2. The molecule has 10 rings (SSSR count). The summed E-state index contributed by atoms with van der Waals surface area (Å²) in [5.41, 5.74) is 3.39. The molecule has 10 nitrogen and oxygen atoms in total. The van der Waals surface area contributed by atoms with Gasteiger partial charge in [-0.2, -0.15) is 10.4 Å². The van der Waals surface area contributed by atoms with Crippen LogP contribution in [-0.2, 0) is 6.54 Å². The molecule has 3 saturated heterocycles. The number of aromatic nitrogens is 4. The molecular formula is C31H30FN7O3. The summed E-state index contributed by atoms with van der Waals surface area (Å²) >= 11 is 0. The monoisotopic (exact) mass is 567 g/mol. The third-order valence-corrected chi connectivity index (χ3v) is 9.51. The minimum Gasteiger partial charge on any atom is -0.491 e. The lowest BCUT2D eigenvalue weighted by Crippen LogP contribution is -2.69. The van der Waals surface area contributed by atoms with Gasteiger partial charge < -0.3 is 19.5 Å². The maximum atomic E-state index is 14.1. The molecule has 0 aromatic carbocycles. The van der Waals surface area contributed by atoms with Crippen molar-refractivity contribution in [3.63, 3.8) is 0 Å². The lowest BCUT2D eigenvalue weighted by Gasteiger charge is -2.67. The second-order valence-electron chi connectivity index (χ2n) is 12.5. The summed E-state index contributed by atoms with van der Waals surface area (Å²) in [6.45, 7) is 2.91. The van der Waals surface area contributed by atoms with Crippen molar-refractivity contribution in [1.29, 1.82) is 5.26 Å². The van der Waals surface area contributed by atoms with Crippen molar-refractivity contribution in [2.45, 2.75) is 49.9 Å². The van der Waals surface area contributed by atoms with Gasteiger partial charge in [0.05, 0.1) is 42.8 Å². The third kappa shape index (κ3) is 4.01. The Hall–Kier alpha value is -4.27. The molecule has 4 aromatic heterocycles. The number of nitrogens with zero attached hydrogens (tertiary/aromatic N) is 7. The van der Waals surface area contributed by atoms with Crippen LogP contribution < -0.4 is 14.4 Å². The van der Waals surface area contributed by atoms with E-state index < -0.39 is 11.4 Å². The molecule has 4 bridgehead atoms. The Balaban J connectivity index is 0.987. The van der Waals surface area contributed by atoms with Crippen LogP contribution in [0.2, 0.25) is 0 Å². The first-order valence-corrected chi connectivity index (χ1v) is 14.3. The number of pyridine rings is 3. The molecule has 0 amide bonds. The summed E-state index contributed by atoms with van der Waals surface area (Å²) in [6.07, 6.45) is 10.4. The Labute approximate surface area is 241 Å². The predicted molar refractivity (Wildman–Crippen MR) is 151 cm³/mol. The number of halogens is 1. The smallest absolute Gasteiger partial charge is 0.250 e. The molecule has 42 heavy (non-hydrogen) atoms. The lowest BCUT2D eigenvalue weighted by molar-refractivity contribution is -0.269. The highest BCUT2D eigenvalue weighted by molar-refractivity contribution is 5.85. The summed E-state index contributed by atoms with van der Waals surface area (Å²) in [7, 11) is 1.42. The summed E-state index contributed by atoms with van der Waals surface area (Å²) in [4.78, 5) is 13.6. The maximum Gasteiger partial charge on any atom is 0.250 e. The zero-order chi connectivity index (χ0) is 28.6. The number of nitriles is 1. The Bertz CT molecular complexity index is 1720. The van der Waals surface area contributed by atoms with Crippen LogP contribution in [0.15, 0.2) is 49.1 Å². The number of aliphatic hydroxyl groups is 1. The van der Waals surface area contributed by atoms with Crippen molar-refractivity contribution < 1.29 is 19.0 Å². The van der Waals surface area contributed by atoms with Crippen LogP contribution in [0.25, 0.3) is 16.6 Å². The molecule has 6 fully saturated rings. The third-order valence-electron chi connectivity index (χ3n) is 9.51. The molecule has 4 aromatic rings. The molecule has 0 spiro atoms. The molecule has 7 heterocycles. The highest BCUT2D eigenvalue weighted by Gasteiger charge is 2.67. The number of anilines is 1. The molecule has 6 aliphatic rings. The minimum atomic E-state index is -0.462. The SMILES string of the molecule is COc1ncc(CN2C3CC2CN(c2ccc(-c4cc(OCC56CC(O)(C5)C6)cn5ncc(C#N)c45)cn2)C3)cc1F. The van der Waals surface area contributed by atoms with E-state index in [-0.39, 0.29) is 11.3 Å². The Morgan fingerprint density at radius 3 is 2.60 bits per heavy atom. The van der Waals surface area contributed by atoms with Gasteiger partial charge >= 0.3 is 0 Å². The molecule has 214 valence electrons. The van der Waals surface area contributed by atoms with Crippen molar-refractivity contribution >= 4 is 11.3 Å². The van der Waals surface area contributed by atoms with Gasteiger partial charge in [0.25, 0.3) is 0 Å². The predicted octanol–water partition coefficient (Wildman–Crippen LogP) is 3.57. The number of fused-ring (bicyclic) bond motifs is 3. The van der Waals surface area contributed by atoms with Gasteiger partial charge in [-0.25, -0.2) is 18.9 Å². The van der Waals surface area contributed by atoms with Crippen LogP contribution in [0.1, 0.15) is 36.8 Å². The van der Waals surface area contributed by atoms with Crippen LogP contribution in [0.4, 0.5) is 10.2 Å². The fourth-order valence-electron chi connectivity index (χ4n) is 7.58. The van der Waals surface area contributed by atoms with Gasteiger partial charge in [-0.1, -0.05) is 0 Å². The maximum absolute atomic E-state index is 14.1. The van der Waals surface area contributed by atoms with Crippen LogP contribution in [0, 0.1) is 22.6 Å². The topological polar surface area (TPSA) is 112 Å². The van der Waals surface area contributed by atoms with Crippen LogP contribution >= 0.6 is 0 Å². The zero-order valence-corrected chi connectivity index (χ0v) is 23.2. The van der Waals surface area contributed by atoms with E-state index in [4.69, 9.17) is 14.5 Å². The van der Waals surface area contributed by atoms with Crippen molar-refractivity contribution in [3.05, 3.63) is 66.0 Å². The molecule has 3 saturated carbocycles. The van der Waals surface area contributed by atoms with E-state index in [1.165, 1.54) is 13.2 Å². The number of hydrogen-bond acceptors (Lipinski definition) is 9. The van der Waals surface area contributed by atoms with Gasteiger partial charge in [-0.15, -0.1) is 0 Å². The molecule has 0 radical (unpaired) electrons. The van der Waals surface area contributed by atoms with Crippen LogP contribution in [-0.4, -0.2) is 74.1 Å². The second-order valence-corrected chi connectivity index (χ2v) is 12.5. The first-order valence-electron chi connectivity index (χ1n) is 14.3. The summed E-state index contributed by atoms with van der Waals surface area (Å²) in [6, 6.07) is 10.5. The van der Waals surface area contributed by atoms with Gasteiger partial charge in [-0.3, -0.25) is 4.90 Å². The van der Waals surface area contributed by atoms with E-state index in [1.54, 1.807) is 16.9 Å². The Morgan fingerprint density at radius 2 is 1.93 bits per heavy atom. The Kier molecular flexibility index (Phi) is 5.52. The van der Waals surface area contributed by atoms with Crippen molar-refractivity contribution in [2.75, 3.05) is 31.7 Å². The fourth-order valence-corrected chi connectivity index (χ4v) is 7.58. The van der Waals surface area contributed by atoms with E-state index in [0.717, 1.165) is 66.8 Å². The number of piperazine rings is 1. The summed E-state index contributed by atoms with van der Waals surface area (Å²) < 4.78 is 27.0. The molecule has 2 atom stereocenters. The minimum absolute atomic E-state index is 0.0191. The number of rotatable bonds is 8. The highest BCUT2D eigenvalue weighted by Crippen LogP contribution is 2.67. The average molecular weight is 568 g/mol. The van der Waals surface area contributed by atoms with Gasteiger partial charge in [0, 0.05) is 60.7 Å². The molecule has 11 heteroatoms. The molecular weight excluding hydrogens is 537 g/mol. The van der Waals surface area contributed by atoms with Gasteiger partial charge in [0.15, 0.2) is 5.82 Å². The summed E-state index contributed by atoms with van der Waals surface area (Å²) in [5.74, 6) is 1.16. The van der Waals surface area contributed by atoms with E-state index >= 15 is 0 Å².